The molecule has 84 valence electrons. The summed E-state index contributed by atoms with van der Waals surface area (Å²) >= 11 is 0. The summed E-state index contributed by atoms with van der Waals surface area (Å²) in [6.45, 7) is 6.17. The molecule has 0 heterocycles. The lowest BCUT2D eigenvalue weighted by molar-refractivity contribution is 0.635. The van der Waals surface area contributed by atoms with Gasteiger partial charge in [-0.05, 0) is 31.7 Å². The maximum absolute atomic E-state index is 11.1. The summed E-state index contributed by atoms with van der Waals surface area (Å²) in [4.78, 5) is 0. The maximum Gasteiger partial charge on any atom is 0.0917 e. The Hall–Kier alpha value is -0.670. The van der Waals surface area contributed by atoms with Crippen LogP contribution in [-0.4, -0.2) is 9.46 Å². The van der Waals surface area contributed by atoms with E-state index in [0.29, 0.717) is 5.92 Å². The first-order chi connectivity index (χ1) is 7.00. The third-order valence-corrected chi connectivity index (χ3v) is 3.68. The molecule has 3 heteroatoms. The molecule has 0 spiro atoms. The monoisotopic (exact) mass is 225 g/mol. The van der Waals surface area contributed by atoms with E-state index in [0.717, 1.165) is 6.42 Å². The van der Waals surface area contributed by atoms with Crippen molar-refractivity contribution in [2.75, 3.05) is 0 Å². The van der Waals surface area contributed by atoms with Gasteiger partial charge in [-0.25, -0.2) is 4.21 Å². The molecule has 0 saturated heterocycles. The van der Waals surface area contributed by atoms with Gasteiger partial charge in [0.15, 0.2) is 0 Å². The highest BCUT2D eigenvalue weighted by Crippen LogP contribution is 2.22. The van der Waals surface area contributed by atoms with Crippen LogP contribution in [0.25, 0.3) is 0 Å². The van der Waals surface area contributed by atoms with Crippen LogP contribution in [-0.2, 0) is 11.0 Å². The molecule has 1 aromatic carbocycles. The zero-order valence-electron chi connectivity index (χ0n) is 9.57. The molecule has 0 aliphatic carbocycles. The second-order valence-corrected chi connectivity index (χ2v) is 5.65. The largest absolute Gasteiger partial charge is 0.252 e. The van der Waals surface area contributed by atoms with Gasteiger partial charge >= 0.3 is 0 Å². The van der Waals surface area contributed by atoms with Gasteiger partial charge < -0.3 is 0 Å². The van der Waals surface area contributed by atoms with Crippen LogP contribution in [0.2, 0.25) is 0 Å². The Labute approximate surface area is 94.5 Å². The molecular weight excluding hydrogens is 206 g/mol. The van der Waals surface area contributed by atoms with Crippen molar-refractivity contribution in [2.45, 2.75) is 38.4 Å². The molecule has 2 N–H and O–H groups in total. The molecule has 0 bridgehead atoms. The van der Waals surface area contributed by atoms with E-state index in [1.807, 2.05) is 6.92 Å². The number of hydrogen-bond donors (Lipinski definition) is 1. The van der Waals surface area contributed by atoms with Gasteiger partial charge in [0.05, 0.1) is 11.0 Å². The Bertz CT molecular complexity index is 351. The summed E-state index contributed by atoms with van der Waals surface area (Å²) in [5.74, 6) is 0.410. The van der Waals surface area contributed by atoms with Gasteiger partial charge in [0.25, 0.3) is 0 Å². The van der Waals surface area contributed by atoms with Crippen molar-refractivity contribution in [1.82, 2.24) is 0 Å². The molecule has 0 aliphatic heterocycles. The van der Waals surface area contributed by atoms with Crippen molar-refractivity contribution < 1.29 is 4.21 Å². The summed E-state index contributed by atoms with van der Waals surface area (Å²) in [5, 5.41) is 5.42. The minimum absolute atomic E-state index is 0.0560. The summed E-state index contributed by atoms with van der Waals surface area (Å²) in [7, 11) is -1.21. The van der Waals surface area contributed by atoms with Crippen LogP contribution in [0.3, 0.4) is 0 Å². The minimum Gasteiger partial charge on any atom is -0.252 e. The fraction of sp³-hybridized carbons (Fsp3) is 0.500. The SMILES string of the molecule is Cc1cccc([C@@H](C)CC(C)S(N)=O)c1. The van der Waals surface area contributed by atoms with Crippen LogP contribution in [0, 0.1) is 6.92 Å². The van der Waals surface area contributed by atoms with Crippen LogP contribution in [0.5, 0.6) is 0 Å². The maximum atomic E-state index is 11.1. The Morgan fingerprint density at radius 3 is 2.60 bits per heavy atom. The third kappa shape index (κ3) is 3.76. The van der Waals surface area contributed by atoms with E-state index in [4.69, 9.17) is 5.14 Å². The predicted molar refractivity (Wildman–Crippen MR) is 66.0 cm³/mol. The van der Waals surface area contributed by atoms with Crippen molar-refractivity contribution in [1.29, 1.82) is 0 Å². The van der Waals surface area contributed by atoms with E-state index in [2.05, 4.69) is 38.1 Å². The van der Waals surface area contributed by atoms with Crippen LogP contribution >= 0.6 is 0 Å². The van der Waals surface area contributed by atoms with E-state index in [1.54, 1.807) is 0 Å². The molecule has 1 aromatic rings. The molecule has 3 atom stereocenters. The molecule has 2 unspecified atom stereocenters. The molecule has 0 fully saturated rings. The number of nitrogens with two attached hydrogens (primary N) is 1. The Morgan fingerprint density at radius 1 is 1.40 bits per heavy atom. The lowest BCUT2D eigenvalue weighted by atomic mass is 9.95. The zero-order chi connectivity index (χ0) is 11.4. The molecule has 0 saturated carbocycles. The quantitative estimate of drug-likeness (QED) is 0.840. The van der Waals surface area contributed by atoms with Crippen molar-refractivity contribution in [3.63, 3.8) is 0 Å². The van der Waals surface area contributed by atoms with E-state index in [-0.39, 0.29) is 5.25 Å². The second kappa shape index (κ2) is 5.42. The van der Waals surface area contributed by atoms with E-state index < -0.39 is 11.0 Å². The standard InChI is InChI=1S/C12H19NOS/c1-9-5-4-6-12(7-9)10(2)8-11(3)15(13)14/h4-7,10-11H,8,13H2,1-3H3/t10-,11?,15?/m0/s1. The average Bonchev–Trinajstić information content (AvgIpc) is 2.17. The normalized spacial score (nSPS) is 17.1. The summed E-state index contributed by atoms with van der Waals surface area (Å²) in [6, 6.07) is 8.44. The lowest BCUT2D eigenvalue weighted by Gasteiger charge is -2.15. The first-order valence-corrected chi connectivity index (χ1v) is 6.50. The number of aryl methyl sites for hydroxylation is 1. The predicted octanol–water partition coefficient (Wildman–Crippen LogP) is 2.50. The highest BCUT2D eigenvalue weighted by molar-refractivity contribution is 7.83. The van der Waals surface area contributed by atoms with Crippen molar-refractivity contribution >= 4 is 11.0 Å². The summed E-state index contributed by atoms with van der Waals surface area (Å²) in [5.41, 5.74) is 2.56. The number of rotatable bonds is 4. The highest BCUT2D eigenvalue weighted by Gasteiger charge is 2.13. The molecule has 0 amide bonds. The average molecular weight is 225 g/mol. The lowest BCUT2D eigenvalue weighted by Crippen LogP contribution is -2.20. The Morgan fingerprint density at radius 2 is 2.07 bits per heavy atom. The van der Waals surface area contributed by atoms with Crippen LogP contribution in [0.15, 0.2) is 24.3 Å². The van der Waals surface area contributed by atoms with E-state index in [1.165, 1.54) is 11.1 Å². The van der Waals surface area contributed by atoms with Gasteiger partial charge in [0, 0.05) is 5.25 Å². The third-order valence-electron chi connectivity index (χ3n) is 2.69. The van der Waals surface area contributed by atoms with Crippen molar-refractivity contribution in [3.05, 3.63) is 35.4 Å². The second-order valence-electron chi connectivity index (χ2n) is 4.19. The fourth-order valence-corrected chi connectivity index (χ4v) is 2.18. The zero-order valence-corrected chi connectivity index (χ0v) is 10.4. The first-order valence-electron chi connectivity index (χ1n) is 5.22. The number of hydrogen-bond acceptors (Lipinski definition) is 1. The van der Waals surface area contributed by atoms with Gasteiger partial charge in [-0.1, -0.05) is 36.8 Å². The molecule has 1 rings (SSSR count). The molecule has 0 radical (unpaired) electrons. The van der Waals surface area contributed by atoms with Gasteiger partial charge in [-0.2, -0.15) is 0 Å². The van der Waals surface area contributed by atoms with Gasteiger partial charge in [-0.3, -0.25) is 5.14 Å². The van der Waals surface area contributed by atoms with E-state index >= 15 is 0 Å². The molecule has 15 heavy (non-hydrogen) atoms. The summed E-state index contributed by atoms with van der Waals surface area (Å²) < 4.78 is 11.1. The minimum atomic E-state index is -1.21. The topological polar surface area (TPSA) is 43.1 Å². The van der Waals surface area contributed by atoms with Gasteiger partial charge in [-0.15, -0.1) is 0 Å². The Kier molecular flexibility index (Phi) is 4.48. The Balaban J connectivity index is 2.68. The first kappa shape index (κ1) is 12.4. The van der Waals surface area contributed by atoms with Crippen molar-refractivity contribution in [2.24, 2.45) is 5.14 Å². The number of benzene rings is 1. The fourth-order valence-electron chi connectivity index (χ4n) is 1.71. The summed E-state index contributed by atoms with van der Waals surface area (Å²) in [6.07, 6.45) is 0.868. The van der Waals surface area contributed by atoms with Crippen LogP contribution in [0.1, 0.15) is 37.3 Å². The van der Waals surface area contributed by atoms with Crippen LogP contribution < -0.4 is 5.14 Å². The molecule has 2 nitrogen and oxygen atoms in total. The molecule has 0 aromatic heterocycles. The molecular formula is C12H19NOS. The van der Waals surface area contributed by atoms with Crippen LogP contribution in [0.4, 0.5) is 0 Å². The van der Waals surface area contributed by atoms with Gasteiger partial charge in [0.2, 0.25) is 0 Å². The van der Waals surface area contributed by atoms with Crippen molar-refractivity contribution in [3.8, 4) is 0 Å². The smallest absolute Gasteiger partial charge is 0.0917 e. The highest BCUT2D eigenvalue weighted by atomic mass is 32.2. The van der Waals surface area contributed by atoms with Gasteiger partial charge in [0.1, 0.15) is 0 Å². The molecule has 0 aliphatic rings. The van der Waals surface area contributed by atoms with E-state index in [9.17, 15) is 4.21 Å².